The largest absolute Gasteiger partial charge is 0.497 e. The first-order valence-electron chi connectivity index (χ1n) is 10.5. The molecule has 158 valence electrons. The number of methoxy groups -OCH3 is 2. The van der Waals surface area contributed by atoms with E-state index in [0.717, 1.165) is 53.3 Å². The molecule has 1 saturated heterocycles. The summed E-state index contributed by atoms with van der Waals surface area (Å²) in [5.74, 6) is 2.45. The summed E-state index contributed by atoms with van der Waals surface area (Å²) in [6.07, 6.45) is 2.30. The van der Waals surface area contributed by atoms with Crippen LogP contribution in [-0.2, 0) is 4.74 Å². The number of benzene rings is 2. The number of nitrogens with zero attached hydrogens (tertiary/aromatic N) is 2. The third-order valence-corrected chi connectivity index (χ3v) is 6.32. The second-order valence-corrected chi connectivity index (χ2v) is 8.80. The van der Waals surface area contributed by atoms with Crippen molar-refractivity contribution in [3.8, 4) is 17.2 Å². The van der Waals surface area contributed by atoms with Crippen LogP contribution in [0, 0.1) is 0 Å². The molecule has 0 radical (unpaired) electrons. The van der Waals surface area contributed by atoms with Gasteiger partial charge in [0.05, 0.1) is 38.2 Å². The van der Waals surface area contributed by atoms with Crippen LogP contribution in [0.2, 0.25) is 0 Å². The van der Waals surface area contributed by atoms with Crippen LogP contribution in [-0.4, -0.2) is 42.9 Å². The van der Waals surface area contributed by atoms with Crippen molar-refractivity contribution < 1.29 is 18.9 Å². The van der Waals surface area contributed by atoms with Crippen molar-refractivity contribution >= 4 is 5.71 Å². The van der Waals surface area contributed by atoms with Crippen LogP contribution in [0.1, 0.15) is 50.3 Å². The molecule has 1 spiro atoms. The fraction of sp³-hybridized carbons (Fsp3) is 0.458. The van der Waals surface area contributed by atoms with E-state index in [4.69, 9.17) is 24.0 Å². The summed E-state index contributed by atoms with van der Waals surface area (Å²) in [6.45, 7) is 4.87. The highest BCUT2D eigenvalue weighted by atomic mass is 16.6. The molecule has 0 unspecified atom stereocenters. The zero-order chi connectivity index (χ0) is 20.9. The summed E-state index contributed by atoms with van der Waals surface area (Å²) in [4.78, 5) is 0. The fourth-order valence-electron chi connectivity index (χ4n) is 4.96. The number of hydrogen-bond donors (Lipinski definition) is 0. The minimum absolute atomic E-state index is 0.106. The lowest BCUT2D eigenvalue weighted by atomic mass is 9.86. The maximum atomic E-state index is 6.75. The van der Waals surface area contributed by atoms with Gasteiger partial charge in [0.1, 0.15) is 5.75 Å². The second kappa shape index (κ2) is 6.91. The van der Waals surface area contributed by atoms with Crippen molar-refractivity contribution in [1.29, 1.82) is 0 Å². The summed E-state index contributed by atoms with van der Waals surface area (Å²) < 4.78 is 23.7. The van der Waals surface area contributed by atoms with Gasteiger partial charge in [0.15, 0.2) is 11.5 Å². The Morgan fingerprint density at radius 1 is 1.07 bits per heavy atom. The molecule has 0 amide bonds. The van der Waals surface area contributed by atoms with Crippen LogP contribution >= 0.6 is 0 Å². The van der Waals surface area contributed by atoms with Crippen LogP contribution in [0.5, 0.6) is 17.2 Å². The van der Waals surface area contributed by atoms with Crippen LogP contribution in [0.3, 0.4) is 0 Å². The van der Waals surface area contributed by atoms with Crippen molar-refractivity contribution in [2.75, 3.05) is 20.8 Å². The van der Waals surface area contributed by atoms with Gasteiger partial charge in [-0.3, -0.25) is 0 Å². The molecule has 0 N–H and O–H groups in total. The van der Waals surface area contributed by atoms with Gasteiger partial charge in [-0.05, 0) is 49.7 Å². The number of fused-ring (bicyclic) bond motifs is 4. The molecule has 5 rings (SSSR count). The molecule has 0 bridgehead atoms. The van der Waals surface area contributed by atoms with Crippen molar-refractivity contribution in [1.82, 2.24) is 5.01 Å². The van der Waals surface area contributed by atoms with E-state index in [0.29, 0.717) is 6.61 Å². The molecule has 0 saturated carbocycles. The summed E-state index contributed by atoms with van der Waals surface area (Å²) in [7, 11) is 3.38. The van der Waals surface area contributed by atoms with Gasteiger partial charge in [0.25, 0.3) is 0 Å². The summed E-state index contributed by atoms with van der Waals surface area (Å²) >= 11 is 0. The first-order chi connectivity index (χ1) is 14.4. The normalized spacial score (nSPS) is 26.5. The Kier molecular flexibility index (Phi) is 4.43. The van der Waals surface area contributed by atoms with Crippen LogP contribution in [0.4, 0.5) is 0 Å². The Hall–Kier alpha value is -2.73. The molecule has 6 nitrogen and oxygen atoms in total. The first kappa shape index (κ1) is 19.2. The predicted octanol–water partition coefficient (Wildman–Crippen LogP) is 4.53. The third-order valence-electron chi connectivity index (χ3n) is 6.32. The summed E-state index contributed by atoms with van der Waals surface area (Å²) in [6, 6.07) is 14.3. The minimum Gasteiger partial charge on any atom is -0.497 e. The Balaban J connectivity index is 1.60. The molecule has 0 aromatic heterocycles. The van der Waals surface area contributed by atoms with E-state index in [1.165, 1.54) is 0 Å². The highest BCUT2D eigenvalue weighted by molar-refractivity contribution is 6.02. The van der Waals surface area contributed by atoms with Gasteiger partial charge in [0.2, 0.25) is 5.72 Å². The Bertz CT molecular complexity index is 985. The van der Waals surface area contributed by atoms with Crippen LogP contribution in [0.25, 0.3) is 0 Å². The average molecular weight is 408 g/mol. The smallest absolute Gasteiger partial charge is 0.203 e. The van der Waals surface area contributed by atoms with Gasteiger partial charge >= 0.3 is 0 Å². The molecular weight excluding hydrogens is 380 g/mol. The molecule has 3 aliphatic heterocycles. The highest BCUT2D eigenvalue weighted by Gasteiger charge is 2.55. The quantitative estimate of drug-likeness (QED) is 0.747. The molecule has 3 aliphatic rings. The van der Waals surface area contributed by atoms with E-state index in [2.05, 4.69) is 37.1 Å². The van der Waals surface area contributed by atoms with E-state index in [1.54, 1.807) is 14.2 Å². The lowest BCUT2D eigenvalue weighted by molar-refractivity contribution is -0.212. The SMILES string of the molecule is COc1ccc(C2=NN3[C@@H](C2)c2cccc(OC)c2O[C@]32CCOC(C)(C)C2)cc1. The zero-order valence-electron chi connectivity index (χ0n) is 18.0. The molecule has 30 heavy (non-hydrogen) atoms. The molecule has 1 fully saturated rings. The molecule has 6 heteroatoms. The van der Waals surface area contributed by atoms with Crippen molar-refractivity contribution in [2.24, 2.45) is 5.10 Å². The average Bonchev–Trinajstić information content (AvgIpc) is 3.20. The Labute approximate surface area is 177 Å². The molecule has 0 aliphatic carbocycles. The highest BCUT2D eigenvalue weighted by Crippen LogP contribution is 2.54. The molecule has 3 heterocycles. The number of rotatable bonds is 3. The lowest BCUT2D eigenvalue weighted by Gasteiger charge is -2.52. The van der Waals surface area contributed by atoms with Gasteiger partial charge in [-0.15, -0.1) is 0 Å². The monoisotopic (exact) mass is 408 g/mol. The second-order valence-electron chi connectivity index (χ2n) is 8.80. The van der Waals surface area contributed by atoms with Gasteiger partial charge in [-0.25, -0.2) is 5.01 Å². The Morgan fingerprint density at radius 3 is 2.57 bits per heavy atom. The number of ether oxygens (including phenoxy) is 4. The number of para-hydroxylation sites is 1. The molecule has 2 atom stereocenters. The van der Waals surface area contributed by atoms with Crippen LogP contribution < -0.4 is 14.2 Å². The van der Waals surface area contributed by atoms with Crippen molar-refractivity contribution in [3.05, 3.63) is 53.6 Å². The number of hydrogen-bond acceptors (Lipinski definition) is 6. The van der Waals surface area contributed by atoms with E-state index >= 15 is 0 Å². The summed E-state index contributed by atoms with van der Waals surface area (Å²) in [5, 5.41) is 7.31. The standard InChI is InChI=1S/C24H28N2O4/c1-23(2)15-24(12-13-29-23)26-20(18-6-5-7-21(28-4)22(18)30-24)14-19(25-26)16-8-10-17(27-3)11-9-16/h5-11,20H,12-15H2,1-4H3/t20-,24-/m0/s1. The van der Waals surface area contributed by atoms with Crippen molar-refractivity contribution in [3.63, 3.8) is 0 Å². The number of hydrazone groups is 1. The van der Waals surface area contributed by atoms with E-state index < -0.39 is 5.72 Å². The maximum absolute atomic E-state index is 6.75. The minimum atomic E-state index is -0.553. The van der Waals surface area contributed by atoms with Gasteiger partial charge < -0.3 is 18.9 Å². The van der Waals surface area contributed by atoms with Gasteiger partial charge in [-0.1, -0.05) is 12.1 Å². The molecular formula is C24H28N2O4. The fourth-order valence-corrected chi connectivity index (χ4v) is 4.96. The third kappa shape index (κ3) is 3.01. The molecule has 2 aromatic carbocycles. The lowest BCUT2D eigenvalue weighted by Crippen LogP contribution is -2.60. The first-order valence-corrected chi connectivity index (χ1v) is 10.5. The maximum Gasteiger partial charge on any atom is 0.203 e. The zero-order valence-corrected chi connectivity index (χ0v) is 18.0. The van der Waals surface area contributed by atoms with Crippen LogP contribution in [0.15, 0.2) is 47.6 Å². The topological polar surface area (TPSA) is 52.5 Å². The predicted molar refractivity (Wildman–Crippen MR) is 114 cm³/mol. The van der Waals surface area contributed by atoms with Crippen molar-refractivity contribution in [2.45, 2.75) is 50.5 Å². The van der Waals surface area contributed by atoms with E-state index in [-0.39, 0.29) is 11.6 Å². The van der Waals surface area contributed by atoms with E-state index in [1.807, 2.05) is 24.3 Å². The van der Waals surface area contributed by atoms with E-state index in [9.17, 15) is 0 Å². The van der Waals surface area contributed by atoms with Gasteiger partial charge in [0, 0.05) is 24.8 Å². The van der Waals surface area contributed by atoms with Gasteiger partial charge in [-0.2, -0.15) is 5.10 Å². The molecule has 2 aromatic rings. The Morgan fingerprint density at radius 2 is 1.87 bits per heavy atom. The summed E-state index contributed by atoms with van der Waals surface area (Å²) in [5.41, 5.74) is 2.45.